The molecule has 2 aromatic rings. The van der Waals surface area contributed by atoms with E-state index in [2.05, 4.69) is 4.98 Å². The third kappa shape index (κ3) is 2.52. The number of fused-ring (bicyclic) bond motifs is 1. The minimum atomic E-state index is -1.58. The van der Waals surface area contributed by atoms with Crippen molar-refractivity contribution in [2.75, 3.05) is 0 Å². The number of pyridine rings is 1. The van der Waals surface area contributed by atoms with Gasteiger partial charge in [-0.3, -0.25) is 4.79 Å². The normalized spacial score (nSPS) is 12.6. The molecule has 1 aromatic heterocycles. The van der Waals surface area contributed by atoms with E-state index >= 15 is 0 Å². The summed E-state index contributed by atoms with van der Waals surface area (Å²) < 4.78 is 39.6. The van der Waals surface area contributed by atoms with Crippen molar-refractivity contribution >= 4 is 16.9 Å². The van der Waals surface area contributed by atoms with Crippen molar-refractivity contribution in [3.8, 4) is 0 Å². The van der Waals surface area contributed by atoms with Crippen molar-refractivity contribution in [3.63, 3.8) is 0 Å². The van der Waals surface area contributed by atoms with Gasteiger partial charge in [0.25, 0.3) is 0 Å². The zero-order valence-electron chi connectivity index (χ0n) is 9.95. The van der Waals surface area contributed by atoms with E-state index in [4.69, 9.17) is 5.11 Å². The lowest BCUT2D eigenvalue weighted by Crippen LogP contribution is -2.13. The Morgan fingerprint density at radius 1 is 1.32 bits per heavy atom. The van der Waals surface area contributed by atoms with Crippen molar-refractivity contribution in [3.05, 3.63) is 41.3 Å². The number of carboxylic acid groups (broad SMARTS) is 1. The Bertz CT molecular complexity index is 658. The maximum Gasteiger partial charge on any atom is 0.306 e. The van der Waals surface area contributed by atoms with Gasteiger partial charge in [-0.25, -0.2) is 18.2 Å². The van der Waals surface area contributed by atoms with Gasteiger partial charge in [-0.1, -0.05) is 13.0 Å². The predicted molar refractivity (Wildman–Crippen MR) is 62.1 cm³/mol. The van der Waals surface area contributed by atoms with E-state index in [1.54, 1.807) is 0 Å². The first-order chi connectivity index (χ1) is 8.90. The Hall–Kier alpha value is -2.11. The lowest BCUT2D eigenvalue weighted by molar-refractivity contribution is -0.141. The maximum absolute atomic E-state index is 13.5. The fourth-order valence-corrected chi connectivity index (χ4v) is 1.73. The summed E-state index contributed by atoms with van der Waals surface area (Å²) in [5.74, 6) is -5.92. The Kier molecular flexibility index (Phi) is 3.42. The smallest absolute Gasteiger partial charge is 0.306 e. The second kappa shape index (κ2) is 4.87. The molecule has 0 aliphatic carbocycles. The topological polar surface area (TPSA) is 50.2 Å². The van der Waals surface area contributed by atoms with E-state index in [0.29, 0.717) is 5.69 Å². The number of carbonyl (C=O) groups is 1. The van der Waals surface area contributed by atoms with Crippen LogP contribution in [0, 0.1) is 23.4 Å². The molecule has 1 N–H and O–H groups in total. The van der Waals surface area contributed by atoms with Crippen molar-refractivity contribution < 1.29 is 23.1 Å². The second-order valence-electron chi connectivity index (χ2n) is 4.30. The van der Waals surface area contributed by atoms with Crippen LogP contribution in [-0.4, -0.2) is 16.1 Å². The number of carboxylic acids is 1. The van der Waals surface area contributed by atoms with Crippen molar-refractivity contribution in [2.45, 2.75) is 13.3 Å². The first-order valence-electron chi connectivity index (χ1n) is 5.56. The van der Waals surface area contributed by atoms with Crippen LogP contribution in [0.2, 0.25) is 0 Å². The molecule has 1 heterocycles. The molecule has 0 fully saturated rings. The van der Waals surface area contributed by atoms with E-state index < -0.39 is 29.3 Å². The molecule has 1 aromatic carbocycles. The third-order valence-corrected chi connectivity index (χ3v) is 2.81. The Balaban J connectivity index is 2.48. The quantitative estimate of drug-likeness (QED) is 0.871. The summed E-state index contributed by atoms with van der Waals surface area (Å²) in [4.78, 5) is 14.6. The minimum Gasteiger partial charge on any atom is -0.481 e. The van der Waals surface area contributed by atoms with Gasteiger partial charge >= 0.3 is 5.97 Å². The Morgan fingerprint density at radius 3 is 2.63 bits per heavy atom. The van der Waals surface area contributed by atoms with Crippen LogP contribution in [0.25, 0.3) is 10.9 Å². The summed E-state index contributed by atoms with van der Waals surface area (Å²) in [6, 6.07) is 3.71. The largest absolute Gasteiger partial charge is 0.481 e. The molecule has 0 aliphatic rings. The van der Waals surface area contributed by atoms with Gasteiger partial charge in [-0.2, -0.15) is 0 Å². The molecule has 6 heteroatoms. The average molecular weight is 269 g/mol. The van der Waals surface area contributed by atoms with E-state index in [1.807, 2.05) is 0 Å². The number of benzene rings is 1. The first kappa shape index (κ1) is 13.3. The molecular weight excluding hydrogens is 259 g/mol. The van der Waals surface area contributed by atoms with Crippen LogP contribution in [0.1, 0.15) is 12.6 Å². The monoisotopic (exact) mass is 269 g/mol. The van der Waals surface area contributed by atoms with E-state index in [1.165, 1.54) is 19.1 Å². The van der Waals surface area contributed by atoms with Gasteiger partial charge in [0.2, 0.25) is 0 Å². The number of hydrogen-bond donors (Lipinski definition) is 1. The fraction of sp³-hybridized carbons (Fsp3) is 0.231. The molecular formula is C13H10F3NO2. The SMILES string of the molecule is CC(Cc1ccc2cc(F)c(F)c(F)c2n1)C(=O)O. The zero-order chi connectivity index (χ0) is 14.2. The highest BCUT2D eigenvalue weighted by Gasteiger charge is 2.17. The Labute approximate surface area is 106 Å². The summed E-state index contributed by atoms with van der Waals surface area (Å²) in [7, 11) is 0. The zero-order valence-corrected chi connectivity index (χ0v) is 9.95. The summed E-state index contributed by atoms with van der Waals surface area (Å²) in [5.41, 5.74) is 0.0151. The number of aliphatic carboxylic acids is 1. The van der Waals surface area contributed by atoms with Gasteiger partial charge in [0, 0.05) is 17.5 Å². The summed E-state index contributed by atoms with van der Waals surface area (Å²) in [6.45, 7) is 1.48. The molecule has 100 valence electrons. The Morgan fingerprint density at radius 2 is 2.00 bits per heavy atom. The van der Waals surface area contributed by atoms with Gasteiger partial charge in [0.05, 0.1) is 5.92 Å². The van der Waals surface area contributed by atoms with Crippen molar-refractivity contribution in [2.24, 2.45) is 5.92 Å². The van der Waals surface area contributed by atoms with E-state index in [-0.39, 0.29) is 17.3 Å². The molecule has 0 aliphatic heterocycles. The first-order valence-corrected chi connectivity index (χ1v) is 5.56. The molecule has 19 heavy (non-hydrogen) atoms. The lowest BCUT2D eigenvalue weighted by Gasteiger charge is -2.07. The van der Waals surface area contributed by atoms with Crippen LogP contribution >= 0.6 is 0 Å². The number of aromatic nitrogens is 1. The predicted octanol–water partition coefficient (Wildman–Crippen LogP) is 2.92. The molecule has 0 bridgehead atoms. The van der Waals surface area contributed by atoms with E-state index in [9.17, 15) is 18.0 Å². The van der Waals surface area contributed by atoms with Crippen LogP contribution in [0.4, 0.5) is 13.2 Å². The fourth-order valence-electron chi connectivity index (χ4n) is 1.73. The molecule has 0 amide bonds. The molecule has 0 spiro atoms. The maximum atomic E-state index is 13.5. The molecule has 3 nitrogen and oxygen atoms in total. The molecule has 2 rings (SSSR count). The summed E-state index contributed by atoms with van der Waals surface area (Å²) in [5, 5.41) is 8.91. The highest BCUT2D eigenvalue weighted by atomic mass is 19.2. The van der Waals surface area contributed by atoms with Gasteiger partial charge in [-0.05, 0) is 12.1 Å². The average Bonchev–Trinajstić information content (AvgIpc) is 2.37. The molecule has 0 saturated carbocycles. The highest BCUT2D eigenvalue weighted by molar-refractivity contribution is 5.79. The summed E-state index contributed by atoms with van der Waals surface area (Å²) >= 11 is 0. The second-order valence-corrected chi connectivity index (χ2v) is 4.30. The summed E-state index contributed by atoms with van der Waals surface area (Å²) in [6.07, 6.45) is 0.0870. The van der Waals surface area contributed by atoms with Crippen LogP contribution in [0.5, 0.6) is 0 Å². The highest BCUT2D eigenvalue weighted by Crippen LogP contribution is 2.22. The van der Waals surface area contributed by atoms with Crippen LogP contribution in [0.15, 0.2) is 18.2 Å². The van der Waals surface area contributed by atoms with Gasteiger partial charge in [0.1, 0.15) is 5.52 Å². The standard InChI is InChI=1S/C13H10F3NO2/c1-6(13(18)19)4-8-3-2-7-5-9(14)10(15)11(16)12(7)17-8/h2-3,5-6H,4H2,1H3,(H,18,19). The molecule has 1 atom stereocenters. The number of halogens is 3. The molecule has 1 unspecified atom stereocenters. The molecule has 0 radical (unpaired) electrons. The minimum absolute atomic E-state index is 0.0870. The van der Waals surface area contributed by atoms with Crippen LogP contribution < -0.4 is 0 Å². The van der Waals surface area contributed by atoms with E-state index in [0.717, 1.165) is 6.07 Å². The van der Waals surface area contributed by atoms with Gasteiger partial charge in [-0.15, -0.1) is 0 Å². The van der Waals surface area contributed by atoms with Crippen LogP contribution in [-0.2, 0) is 11.2 Å². The van der Waals surface area contributed by atoms with Gasteiger partial charge in [0.15, 0.2) is 17.5 Å². The van der Waals surface area contributed by atoms with Gasteiger partial charge < -0.3 is 5.11 Å². The number of hydrogen-bond acceptors (Lipinski definition) is 2. The third-order valence-electron chi connectivity index (χ3n) is 2.81. The van der Waals surface area contributed by atoms with Crippen molar-refractivity contribution in [1.82, 2.24) is 4.98 Å². The number of rotatable bonds is 3. The number of nitrogens with zero attached hydrogens (tertiary/aromatic N) is 1. The molecule has 0 saturated heterocycles. The van der Waals surface area contributed by atoms with Crippen molar-refractivity contribution in [1.29, 1.82) is 0 Å². The lowest BCUT2D eigenvalue weighted by atomic mass is 10.0. The van der Waals surface area contributed by atoms with Crippen LogP contribution in [0.3, 0.4) is 0 Å².